The van der Waals surface area contributed by atoms with Crippen LogP contribution in [0.1, 0.15) is 44.0 Å². The second-order valence-corrected chi connectivity index (χ2v) is 9.41. The number of alkyl halides is 3. The number of pyridine rings is 2. The summed E-state index contributed by atoms with van der Waals surface area (Å²) >= 11 is 0. The molecule has 5 rings (SSSR count). The molecule has 37 heavy (non-hydrogen) atoms. The van der Waals surface area contributed by atoms with E-state index in [1.807, 2.05) is 10.6 Å². The zero-order chi connectivity index (χ0) is 26.2. The number of nitrogens with zero attached hydrogens (tertiary/aromatic N) is 7. The molecule has 4 aromatic rings. The minimum Gasteiger partial charge on any atom is -0.364 e. The van der Waals surface area contributed by atoms with Gasteiger partial charge >= 0.3 is 6.18 Å². The van der Waals surface area contributed by atoms with Gasteiger partial charge in [0.1, 0.15) is 5.69 Å². The topological polar surface area (TPSA) is 111 Å². The molecule has 0 saturated carbocycles. The van der Waals surface area contributed by atoms with Crippen molar-refractivity contribution in [3.05, 3.63) is 54.2 Å². The smallest absolute Gasteiger partial charge is 0.364 e. The molecule has 1 fully saturated rings. The highest BCUT2D eigenvalue weighted by Gasteiger charge is 2.32. The number of hydrogen-bond acceptors (Lipinski definition) is 8. The molecule has 0 radical (unpaired) electrons. The monoisotopic (exact) mass is 511 g/mol. The Morgan fingerprint density at radius 3 is 2.54 bits per heavy atom. The van der Waals surface area contributed by atoms with Gasteiger partial charge in [-0.15, -0.1) is 0 Å². The standard InChI is InChI=1S/C25H28F3N9/c1-15(2)37-14-33-21-22(34-24(35-23(21)37)36-10-7-18(29)8-11-36)32-13-16-4-3-9-30-20(16)17-5-6-19(31-12-17)25(26,27)28/h3-6,9,12,14-15,18H,7-8,10-11,13,29H2,1-2H3,(H,32,34,35). The molecule has 1 saturated heterocycles. The van der Waals surface area contributed by atoms with E-state index in [-0.39, 0.29) is 12.1 Å². The molecule has 0 aromatic carbocycles. The van der Waals surface area contributed by atoms with E-state index in [1.165, 1.54) is 12.3 Å². The first-order valence-electron chi connectivity index (χ1n) is 12.2. The minimum atomic E-state index is -4.50. The van der Waals surface area contributed by atoms with Gasteiger partial charge in [0.25, 0.3) is 0 Å². The van der Waals surface area contributed by atoms with Crippen molar-refractivity contribution in [1.82, 2.24) is 29.5 Å². The summed E-state index contributed by atoms with van der Waals surface area (Å²) in [5.74, 6) is 1.19. The maximum atomic E-state index is 13.0. The van der Waals surface area contributed by atoms with Crippen LogP contribution in [0.15, 0.2) is 43.0 Å². The molecule has 0 amide bonds. The molecule has 1 aliphatic rings. The summed E-state index contributed by atoms with van der Waals surface area (Å²) in [7, 11) is 0. The van der Waals surface area contributed by atoms with E-state index in [9.17, 15) is 13.2 Å². The van der Waals surface area contributed by atoms with Crippen molar-refractivity contribution in [2.75, 3.05) is 23.3 Å². The quantitative estimate of drug-likeness (QED) is 0.391. The lowest BCUT2D eigenvalue weighted by Gasteiger charge is -2.30. The maximum absolute atomic E-state index is 13.0. The van der Waals surface area contributed by atoms with Gasteiger partial charge in [-0.25, -0.2) is 4.98 Å². The van der Waals surface area contributed by atoms with Gasteiger partial charge in [-0.3, -0.25) is 9.97 Å². The molecule has 9 nitrogen and oxygen atoms in total. The fraction of sp³-hybridized carbons (Fsp3) is 0.400. The van der Waals surface area contributed by atoms with E-state index >= 15 is 0 Å². The van der Waals surface area contributed by atoms with E-state index in [4.69, 9.17) is 15.7 Å². The highest BCUT2D eigenvalue weighted by Crippen LogP contribution is 2.30. The number of nitrogens with two attached hydrogens (primary N) is 1. The first-order valence-corrected chi connectivity index (χ1v) is 12.2. The maximum Gasteiger partial charge on any atom is 0.433 e. The third-order valence-corrected chi connectivity index (χ3v) is 6.45. The number of halogens is 3. The number of aromatic nitrogens is 6. The number of hydrogen-bond donors (Lipinski definition) is 2. The third-order valence-electron chi connectivity index (χ3n) is 6.45. The molecule has 0 bridgehead atoms. The minimum absolute atomic E-state index is 0.160. The van der Waals surface area contributed by atoms with Crippen LogP contribution in [0, 0.1) is 0 Å². The van der Waals surface area contributed by atoms with E-state index < -0.39 is 11.9 Å². The van der Waals surface area contributed by atoms with E-state index in [0.29, 0.717) is 35.1 Å². The summed E-state index contributed by atoms with van der Waals surface area (Å²) in [6, 6.07) is 6.34. The molecule has 4 aromatic heterocycles. The molecule has 5 heterocycles. The lowest BCUT2D eigenvalue weighted by Crippen LogP contribution is -2.40. The summed E-state index contributed by atoms with van der Waals surface area (Å²) in [5.41, 5.74) is 8.34. The molecule has 0 atom stereocenters. The van der Waals surface area contributed by atoms with Crippen molar-refractivity contribution in [1.29, 1.82) is 0 Å². The van der Waals surface area contributed by atoms with Gasteiger partial charge in [0.05, 0.1) is 12.0 Å². The van der Waals surface area contributed by atoms with Gasteiger partial charge < -0.3 is 20.5 Å². The lowest BCUT2D eigenvalue weighted by atomic mass is 10.1. The molecular weight excluding hydrogens is 483 g/mol. The van der Waals surface area contributed by atoms with Crippen LogP contribution in [0.3, 0.4) is 0 Å². The zero-order valence-electron chi connectivity index (χ0n) is 20.6. The summed E-state index contributed by atoms with van der Waals surface area (Å²) in [5, 5.41) is 3.37. The number of anilines is 2. The fourth-order valence-corrected chi connectivity index (χ4v) is 4.37. The summed E-state index contributed by atoms with van der Waals surface area (Å²) < 4.78 is 40.9. The normalized spacial score (nSPS) is 15.1. The summed E-state index contributed by atoms with van der Waals surface area (Å²) in [4.78, 5) is 24.3. The highest BCUT2D eigenvalue weighted by molar-refractivity contribution is 5.84. The number of fused-ring (bicyclic) bond motifs is 1. The zero-order valence-corrected chi connectivity index (χ0v) is 20.6. The molecule has 0 spiro atoms. The number of rotatable bonds is 6. The molecule has 12 heteroatoms. The Kier molecular flexibility index (Phi) is 6.67. The van der Waals surface area contributed by atoms with Crippen LogP contribution >= 0.6 is 0 Å². The van der Waals surface area contributed by atoms with Crippen molar-refractivity contribution in [3.8, 4) is 11.3 Å². The summed E-state index contributed by atoms with van der Waals surface area (Å²) in [6.45, 7) is 6.01. The van der Waals surface area contributed by atoms with Crippen LogP contribution in [-0.4, -0.2) is 48.6 Å². The van der Waals surface area contributed by atoms with Crippen LogP contribution in [-0.2, 0) is 12.7 Å². The number of imidazole rings is 1. The van der Waals surface area contributed by atoms with Gasteiger partial charge in [0, 0.05) is 49.7 Å². The number of nitrogens with one attached hydrogen (secondary N) is 1. The first-order chi connectivity index (χ1) is 17.7. The lowest BCUT2D eigenvalue weighted by molar-refractivity contribution is -0.141. The SMILES string of the molecule is CC(C)n1cnc2c(NCc3cccnc3-c3ccc(C(F)(F)F)nc3)nc(N3CCC(N)CC3)nc21. The largest absolute Gasteiger partial charge is 0.433 e. The Morgan fingerprint density at radius 2 is 1.86 bits per heavy atom. The van der Waals surface area contributed by atoms with Crippen molar-refractivity contribution in [2.24, 2.45) is 5.73 Å². The first kappa shape index (κ1) is 24.9. The van der Waals surface area contributed by atoms with E-state index in [0.717, 1.165) is 43.2 Å². The average molecular weight is 512 g/mol. The molecule has 0 aliphatic carbocycles. The summed E-state index contributed by atoms with van der Waals surface area (Å²) in [6.07, 6.45) is 1.79. The van der Waals surface area contributed by atoms with E-state index in [1.54, 1.807) is 18.6 Å². The Morgan fingerprint density at radius 1 is 1.08 bits per heavy atom. The number of piperidine rings is 1. The van der Waals surface area contributed by atoms with Gasteiger partial charge in [0.2, 0.25) is 5.95 Å². The van der Waals surface area contributed by atoms with Crippen LogP contribution in [0.2, 0.25) is 0 Å². The predicted molar refractivity (Wildman–Crippen MR) is 135 cm³/mol. The molecule has 3 N–H and O–H groups in total. The Hall–Kier alpha value is -3.80. The van der Waals surface area contributed by atoms with Crippen molar-refractivity contribution in [2.45, 2.75) is 51.5 Å². The van der Waals surface area contributed by atoms with Gasteiger partial charge in [0.15, 0.2) is 17.0 Å². The van der Waals surface area contributed by atoms with Gasteiger partial charge in [-0.1, -0.05) is 6.07 Å². The van der Waals surface area contributed by atoms with Crippen molar-refractivity contribution < 1.29 is 13.2 Å². The highest BCUT2D eigenvalue weighted by atomic mass is 19.4. The van der Waals surface area contributed by atoms with Gasteiger partial charge in [-0.05, 0) is 50.5 Å². The third kappa shape index (κ3) is 5.19. The van der Waals surface area contributed by atoms with Crippen LogP contribution < -0.4 is 16.0 Å². The molecule has 0 unspecified atom stereocenters. The average Bonchev–Trinajstić information content (AvgIpc) is 3.32. The second kappa shape index (κ2) is 9.92. The Labute approximate surface area is 212 Å². The molecule has 194 valence electrons. The molecular formula is C25H28F3N9. The van der Waals surface area contributed by atoms with Crippen molar-refractivity contribution in [3.63, 3.8) is 0 Å². The predicted octanol–water partition coefficient (Wildman–Crippen LogP) is 4.42. The Bertz CT molecular complexity index is 1370. The molecule has 1 aliphatic heterocycles. The second-order valence-electron chi connectivity index (χ2n) is 9.41. The van der Waals surface area contributed by atoms with E-state index in [2.05, 4.69) is 39.0 Å². The van der Waals surface area contributed by atoms with Crippen LogP contribution in [0.5, 0.6) is 0 Å². The van der Waals surface area contributed by atoms with Crippen LogP contribution in [0.4, 0.5) is 24.9 Å². The van der Waals surface area contributed by atoms with Crippen molar-refractivity contribution >= 4 is 22.9 Å². The Balaban J connectivity index is 1.46. The van der Waals surface area contributed by atoms with Gasteiger partial charge in [-0.2, -0.15) is 23.1 Å². The fourth-order valence-electron chi connectivity index (χ4n) is 4.37. The van der Waals surface area contributed by atoms with Crippen LogP contribution in [0.25, 0.3) is 22.4 Å².